The number of hydrogen-bond acceptors (Lipinski definition) is 2. The SMILES string of the molecule is O=C(NC(Cc1cccc(F)c1)c1cccc(F)c1)C1CCN(C(=O)c2ccc(F)cc2)CC1. The van der Waals surface area contributed by atoms with Crippen LogP contribution in [0.15, 0.2) is 72.8 Å². The van der Waals surface area contributed by atoms with Gasteiger partial charge >= 0.3 is 0 Å². The number of nitrogens with one attached hydrogen (secondary N) is 1. The molecule has 0 aromatic heterocycles. The van der Waals surface area contributed by atoms with Crippen molar-refractivity contribution in [2.75, 3.05) is 13.1 Å². The largest absolute Gasteiger partial charge is 0.349 e. The van der Waals surface area contributed by atoms with Crippen LogP contribution in [0.5, 0.6) is 0 Å². The lowest BCUT2D eigenvalue weighted by Crippen LogP contribution is -2.44. The molecule has 1 aliphatic rings. The van der Waals surface area contributed by atoms with Crippen molar-refractivity contribution in [2.45, 2.75) is 25.3 Å². The van der Waals surface area contributed by atoms with E-state index >= 15 is 0 Å². The minimum absolute atomic E-state index is 0.181. The molecule has 4 nitrogen and oxygen atoms in total. The van der Waals surface area contributed by atoms with E-state index in [0.717, 1.165) is 0 Å². The Kier molecular flexibility index (Phi) is 7.30. The summed E-state index contributed by atoms with van der Waals surface area (Å²) in [4.78, 5) is 27.4. The highest BCUT2D eigenvalue weighted by Crippen LogP contribution is 2.24. The molecule has 1 saturated heterocycles. The Morgan fingerprint density at radius 2 is 1.50 bits per heavy atom. The molecule has 34 heavy (non-hydrogen) atoms. The van der Waals surface area contributed by atoms with Gasteiger partial charge in [-0.2, -0.15) is 0 Å². The first-order chi connectivity index (χ1) is 16.4. The van der Waals surface area contributed by atoms with Gasteiger partial charge in [0.05, 0.1) is 6.04 Å². The topological polar surface area (TPSA) is 49.4 Å². The third-order valence-corrected chi connectivity index (χ3v) is 6.14. The van der Waals surface area contributed by atoms with Crippen molar-refractivity contribution in [1.29, 1.82) is 0 Å². The Labute approximate surface area is 196 Å². The molecule has 1 atom stereocenters. The summed E-state index contributed by atoms with van der Waals surface area (Å²) < 4.78 is 40.7. The fraction of sp³-hybridized carbons (Fsp3) is 0.259. The van der Waals surface area contributed by atoms with E-state index in [2.05, 4.69) is 5.32 Å². The maximum atomic E-state index is 13.9. The highest BCUT2D eigenvalue weighted by atomic mass is 19.1. The second-order valence-corrected chi connectivity index (χ2v) is 8.52. The minimum Gasteiger partial charge on any atom is -0.349 e. The van der Waals surface area contributed by atoms with E-state index in [0.29, 0.717) is 49.0 Å². The van der Waals surface area contributed by atoms with Gasteiger partial charge in [-0.15, -0.1) is 0 Å². The number of hydrogen-bond donors (Lipinski definition) is 1. The molecule has 0 aliphatic carbocycles. The summed E-state index contributed by atoms with van der Waals surface area (Å²) in [5.41, 5.74) is 1.70. The number of nitrogens with zero attached hydrogens (tertiary/aromatic N) is 1. The van der Waals surface area contributed by atoms with Crippen molar-refractivity contribution < 1.29 is 22.8 Å². The van der Waals surface area contributed by atoms with Crippen LogP contribution in [0.3, 0.4) is 0 Å². The predicted octanol–water partition coefficient (Wildman–Crippen LogP) is 5.06. The van der Waals surface area contributed by atoms with E-state index in [1.807, 2.05) is 0 Å². The Morgan fingerprint density at radius 3 is 2.15 bits per heavy atom. The number of likely N-dealkylation sites (tertiary alicyclic amines) is 1. The Morgan fingerprint density at radius 1 is 0.853 bits per heavy atom. The summed E-state index contributed by atoms with van der Waals surface area (Å²) in [5, 5.41) is 3.01. The zero-order valence-electron chi connectivity index (χ0n) is 18.5. The number of benzene rings is 3. The third-order valence-electron chi connectivity index (χ3n) is 6.14. The smallest absolute Gasteiger partial charge is 0.253 e. The van der Waals surface area contributed by atoms with E-state index < -0.39 is 17.7 Å². The van der Waals surface area contributed by atoms with Crippen molar-refractivity contribution in [3.8, 4) is 0 Å². The molecule has 1 heterocycles. The summed E-state index contributed by atoms with van der Waals surface area (Å²) >= 11 is 0. The van der Waals surface area contributed by atoms with Crippen molar-refractivity contribution in [2.24, 2.45) is 5.92 Å². The van der Waals surface area contributed by atoms with E-state index in [4.69, 9.17) is 0 Å². The number of carbonyl (C=O) groups is 2. The van der Waals surface area contributed by atoms with Gasteiger partial charge in [0, 0.05) is 24.6 Å². The van der Waals surface area contributed by atoms with Crippen LogP contribution in [0.4, 0.5) is 13.2 Å². The van der Waals surface area contributed by atoms with Crippen molar-refractivity contribution in [3.05, 3.63) is 107 Å². The van der Waals surface area contributed by atoms with Crippen LogP contribution in [0.1, 0.15) is 40.4 Å². The molecule has 4 rings (SSSR count). The fourth-order valence-corrected chi connectivity index (χ4v) is 4.28. The lowest BCUT2D eigenvalue weighted by atomic mass is 9.93. The zero-order valence-corrected chi connectivity index (χ0v) is 18.5. The van der Waals surface area contributed by atoms with Crippen molar-refractivity contribution >= 4 is 11.8 Å². The Bertz CT molecular complexity index is 1160. The van der Waals surface area contributed by atoms with Gasteiger partial charge in [-0.1, -0.05) is 24.3 Å². The Balaban J connectivity index is 1.41. The number of piperidine rings is 1. The molecule has 1 aliphatic heterocycles. The number of carbonyl (C=O) groups excluding carboxylic acids is 2. The summed E-state index contributed by atoms with van der Waals surface area (Å²) in [6.45, 7) is 0.811. The van der Waals surface area contributed by atoms with Gasteiger partial charge in [-0.25, -0.2) is 13.2 Å². The second kappa shape index (κ2) is 10.5. The van der Waals surface area contributed by atoms with Crippen molar-refractivity contribution in [1.82, 2.24) is 10.2 Å². The molecular weight excluding hydrogens is 441 g/mol. The van der Waals surface area contributed by atoms with E-state index in [-0.39, 0.29) is 23.5 Å². The quantitative estimate of drug-likeness (QED) is 0.552. The van der Waals surface area contributed by atoms with Crippen molar-refractivity contribution in [3.63, 3.8) is 0 Å². The number of rotatable bonds is 6. The van der Waals surface area contributed by atoms with Gasteiger partial charge in [-0.3, -0.25) is 9.59 Å². The van der Waals surface area contributed by atoms with E-state index in [9.17, 15) is 22.8 Å². The van der Waals surface area contributed by atoms with Crippen LogP contribution in [-0.4, -0.2) is 29.8 Å². The highest BCUT2D eigenvalue weighted by Gasteiger charge is 2.29. The average molecular weight is 467 g/mol. The first-order valence-electron chi connectivity index (χ1n) is 11.2. The standard InChI is InChI=1S/C27H25F3N2O2/c28-22-9-7-20(8-10-22)27(34)32-13-11-19(12-14-32)26(33)31-25(21-4-2-6-24(30)17-21)16-18-3-1-5-23(29)15-18/h1-10,15,17,19,25H,11-14,16H2,(H,31,33). The first kappa shape index (κ1) is 23.5. The molecule has 0 radical (unpaired) electrons. The summed E-state index contributed by atoms with van der Waals surface area (Å²) in [5.74, 6) is -1.87. The maximum absolute atomic E-state index is 13.9. The molecule has 1 fully saturated rings. The van der Waals surface area contributed by atoms with Gasteiger partial charge in [0.15, 0.2) is 0 Å². The lowest BCUT2D eigenvalue weighted by Gasteiger charge is -2.32. The zero-order chi connectivity index (χ0) is 24.1. The number of amides is 2. The fourth-order valence-electron chi connectivity index (χ4n) is 4.28. The van der Waals surface area contributed by atoms with E-state index in [1.54, 1.807) is 29.2 Å². The molecule has 2 amide bonds. The monoisotopic (exact) mass is 466 g/mol. The molecule has 0 spiro atoms. The number of halogens is 3. The lowest BCUT2D eigenvalue weighted by molar-refractivity contribution is -0.127. The minimum atomic E-state index is -0.524. The van der Waals surface area contributed by atoms with Gasteiger partial charge < -0.3 is 10.2 Å². The Hall–Kier alpha value is -3.61. The van der Waals surface area contributed by atoms with Crippen LogP contribution in [-0.2, 0) is 11.2 Å². The predicted molar refractivity (Wildman–Crippen MR) is 122 cm³/mol. The molecule has 0 bridgehead atoms. The molecule has 1 N–H and O–H groups in total. The molecule has 1 unspecified atom stereocenters. The second-order valence-electron chi connectivity index (χ2n) is 8.52. The molecule has 7 heteroatoms. The van der Waals surface area contributed by atoms with Crippen LogP contribution in [0, 0.1) is 23.4 Å². The van der Waals surface area contributed by atoms with Gasteiger partial charge in [0.2, 0.25) is 5.91 Å². The summed E-state index contributed by atoms with van der Waals surface area (Å²) in [6.07, 6.45) is 1.28. The average Bonchev–Trinajstić information content (AvgIpc) is 2.84. The molecule has 3 aromatic rings. The molecular formula is C27H25F3N2O2. The normalized spacial score (nSPS) is 15.1. The van der Waals surface area contributed by atoms with Crippen LogP contribution >= 0.6 is 0 Å². The first-order valence-corrected chi connectivity index (χ1v) is 11.2. The maximum Gasteiger partial charge on any atom is 0.253 e. The van der Waals surface area contributed by atoms with Gasteiger partial charge in [-0.05, 0) is 78.9 Å². The highest BCUT2D eigenvalue weighted by molar-refractivity contribution is 5.94. The van der Waals surface area contributed by atoms with Gasteiger partial charge in [0.25, 0.3) is 5.91 Å². The molecule has 3 aromatic carbocycles. The van der Waals surface area contributed by atoms with Gasteiger partial charge in [0.1, 0.15) is 17.5 Å². The van der Waals surface area contributed by atoms with Crippen LogP contribution < -0.4 is 5.32 Å². The molecule has 176 valence electrons. The summed E-state index contributed by atoms with van der Waals surface area (Å²) in [6, 6.07) is 17.0. The molecule has 0 saturated carbocycles. The van der Waals surface area contributed by atoms with E-state index in [1.165, 1.54) is 48.5 Å². The van der Waals surface area contributed by atoms with Crippen LogP contribution in [0.2, 0.25) is 0 Å². The van der Waals surface area contributed by atoms with Crippen LogP contribution in [0.25, 0.3) is 0 Å². The summed E-state index contributed by atoms with van der Waals surface area (Å²) in [7, 11) is 0. The third kappa shape index (κ3) is 5.84.